The number of hydrogen-bond donors (Lipinski definition) is 2. The van der Waals surface area contributed by atoms with Crippen molar-refractivity contribution in [2.45, 2.75) is 25.9 Å². The van der Waals surface area contributed by atoms with Crippen molar-refractivity contribution in [1.29, 1.82) is 0 Å². The highest BCUT2D eigenvalue weighted by Gasteiger charge is 2.07. The van der Waals surface area contributed by atoms with Crippen LogP contribution in [0, 0.1) is 5.82 Å². The highest BCUT2D eigenvalue weighted by molar-refractivity contribution is 5.94. The number of carbonyl (C=O) groups is 2. The molecule has 0 fully saturated rings. The topological polar surface area (TPSA) is 67.4 Å². The number of hydrogen-bond acceptors (Lipinski definition) is 3. The lowest BCUT2D eigenvalue weighted by atomic mass is 10.1. The Hall–Kier alpha value is -3.03. The van der Waals surface area contributed by atoms with Crippen molar-refractivity contribution in [3.8, 4) is 5.75 Å². The first-order valence-electron chi connectivity index (χ1n) is 8.78. The van der Waals surface area contributed by atoms with Gasteiger partial charge in [-0.15, -0.1) is 0 Å². The van der Waals surface area contributed by atoms with Crippen LogP contribution >= 0.6 is 0 Å². The van der Waals surface area contributed by atoms with Crippen LogP contribution in [-0.2, 0) is 11.2 Å². The van der Waals surface area contributed by atoms with Crippen molar-refractivity contribution in [3.05, 3.63) is 65.5 Å². The van der Waals surface area contributed by atoms with E-state index < -0.39 is 12.4 Å². The number of nitrogens with one attached hydrogen (secondary N) is 2. The van der Waals surface area contributed by atoms with Crippen molar-refractivity contribution in [2.24, 2.45) is 0 Å². The predicted molar refractivity (Wildman–Crippen MR) is 97.8 cm³/mol. The summed E-state index contributed by atoms with van der Waals surface area (Å²) in [6, 6.07) is 11.4. The van der Waals surface area contributed by atoms with Crippen LogP contribution in [0.5, 0.6) is 5.75 Å². The second-order valence-electron chi connectivity index (χ2n) is 5.99. The monoisotopic (exact) mass is 394 g/mol. The van der Waals surface area contributed by atoms with Gasteiger partial charge in [-0.1, -0.05) is 12.1 Å². The van der Waals surface area contributed by atoms with Gasteiger partial charge in [0.15, 0.2) is 0 Å². The highest BCUT2D eigenvalue weighted by Crippen LogP contribution is 2.15. The number of alkyl halides is 2. The van der Waals surface area contributed by atoms with Crippen LogP contribution in [-0.4, -0.2) is 31.5 Å². The lowest BCUT2D eigenvalue weighted by Crippen LogP contribution is -2.28. The lowest BCUT2D eigenvalue weighted by Gasteiger charge is -2.08. The molecule has 0 aliphatic carbocycles. The smallest absolute Gasteiger partial charge is 0.387 e. The van der Waals surface area contributed by atoms with Crippen molar-refractivity contribution in [1.82, 2.24) is 10.6 Å². The van der Waals surface area contributed by atoms with E-state index in [0.717, 1.165) is 5.56 Å². The number of halogens is 3. The molecule has 0 heterocycles. The molecule has 0 spiro atoms. The first kappa shape index (κ1) is 21.3. The van der Waals surface area contributed by atoms with E-state index in [-0.39, 0.29) is 24.0 Å². The minimum Gasteiger partial charge on any atom is -0.435 e. The molecular formula is C20H21F3N2O3. The molecule has 0 saturated heterocycles. The SMILES string of the molecule is O=C(CCCNC(=O)c1ccc(F)cc1)NCCc1ccc(OC(F)F)cc1. The van der Waals surface area contributed by atoms with E-state index in [0.29, 0.717) is 31.5 Å². The molecular weight excluding hydrogens is 373 g/mol. The third-order valence-electron chi connectivity index (χ3n) is 3.86. The van der Waals surface area contributed by atoms with Crippen LogP contribution in [0.1, 0.15) is 28.8 Å². The van der Waals surface area contributed by atoms with Gasteiger partial charge in [0, 0.05) is 25.1 Å². The molecule has 5 nitrogen and oxygen atoms in total. The third kappa shape index (κ3) is 7.69. The van der Waals surface area contributed by atoms with E-state index in [4.69, 9.17) is 0 Å². The van der Waals surface area contributed by atoms with E-state index >= 15 is 0 Å². The maximum atomic E-state index is 12.8. The van der Waals surface area contributed by atoms with Crippen LogP contribution in [0.15, 0.2) is 48.5 Å². The number of carbonyl (C=O) groups excluding carboxylic acids is 2. The van der Waals surface area contributed by atoms with Gasteiger partial charge < -0.3 is 15.4 Å². The zero-order valence-corrected chi connectivity index (χ0v) is 15.1. The molecule has 0 atom stereocenters. The van der Waals surface area contributed by atoms with Gasteiger partial charge in [-0.2, -0.15) is 8.78 Å². The summed E-state index contributed by atoms with van der Waals surface area (Å²) < 4.78 is 41.2. The second-order valence-corrected chi connectivity index (χ2v) is 5.99. The number of benzene rings is 2. The standard InChI is InChI=1S/C20H21F3N2O3/c21-16-7-5-15(6-8-16)19(27)25-12-1-2-18(26)24-13-11-14-3-9-17(10-4-14)28-20(22)23/h3-10,20H,1-2,11-13H2,(H,24,26)(H,25,27). The van der Waals surface area contributed by atoms with Crippen LogP contribution in [0.3, 0.4) is 0 Å². The van der Waals surface area contributed by atoms with E-state index in [1.54, 1.807) is 12.1 Å². The first-order chi connectivity index (χ1) is 13.4. The molecule has 28 heavy (non-hydrogen) atoms. The Morgan fingerprint density at radius 2 is 1.61 bits per heavy atom. The Balaban J connectivity index is 1.58. The average molecular weight is 394 g/mol. The molecule has 2 aromatic rings. The molecule has 0 radical (unpaired) electrons. The Labute approximate surface area is 160 Å². The van der Waals surface area contributed by atoms with Crippen molar-refractivity contribution in [2.75, 3.05) is 13.1 Å². The summed E-state index contributed by atoms with van der Waals surface area (Å²) in [6.07, 6.45) is 1.28. The lowest BCUT2D eigenvalue weighted by molar-refractivity contribution is -0.121. The van der Waals surface area contributed by atoms with E-state index in [1.165, 1.54) is 36.4 Å². The molecule has 2 N–H and O–H groups in total. The Morgan fingerprint density at radius 3 is 2.25 bits per heavy atom. The molecule has 0 aromatic heterocycles. The molecule has 0 bridgehead atoms. The molecule has 0 saturated carbocycles. The zero-order chi connectivity index (χ0) is 20.4. The quantitative estimate of drug-likeness (QED) is 0.608. The largest absolute Gasteiger partial charge is 0.435 e. The summed E-state index contributed by atoms with van der Waals surface area (Å²) in [4.78, 5) is 23.6. The fourth-order valence-corrected chi connectivity index (χ4v) is 2.43. The molecule has 0 unspecified atom stereocenters. The van der Waals surface area contributed by atoms with Gasteiger partial charge >= 0.3 is 6.61 Å². The van der Waals surface area contributed by atoms with Crippen LogP contribution in [0.2, 0.25) is 0 Å². The summed E-state index contributed by atoms with van der Waals surface area (Å²) in [6.45, 7) is -2.11. The summed E-state index contributed by atoms with van der Waals surface area (Å²) in [5.41, 5.74) is 1.24. The Bertz CT molecular complexity index is 765. The predicted octanol–water partition coefficient (Wildman–Crippen LogP) is 3.30. The molecule has 8 heteroatoms. The summed E-state index contributed by atoms with van der Waals surface area (Å²) in [5, 5.41) is 5.43. The van der Waals surface area contributed by atoms with Crippen molar-refractivity contribution in [3.63, 3.8) is 0 Å². The zero-order valence-electron chi connectivity index (χ0n) is 15.1. The fourth-order valence-electron chi connectivity index (χ4n) is 2.43. The molecule has 0 aliphatic rings. The number of amides is 2. The van der Waals surface area contributed by atoms with Crippen LogP contribution in [0.25, 0.3) is 0 Å². The van der Waals surface area contributed by atoms with Gasteiger partial charge in [-0.05, 0) is 54.8 Å². The Morgan fingerprint density at radius 1 is 0.929 bits per heavy atom. The third-order valence-corrected chi connectivity index (χ3v) is 3.86. The van der Waals surface area contributed by atoms with Crippen molar-refractivity contribution < 1.29 is 27.5 Å². The van der Waals surface area contributed by atoms with Crippen molar-refractivity contribution >= 4 is 11.8 Å². The van der Waals surface area contributed by atoms with Gasteiger partial charge in [0.25, 0.3) is 5.91 Å². The van der Waals surface area contributed by atoms with E-state index in [2.05, 4.69) is 15.4 Å². The van der Waals surface area contributed by atoms with Crippen LogP contribution in [0.4, 0.5) is 13.2 Å². The number of ether oxygens (including phenoxy) is 1. The maximum Gasteiger partial charge on any atom is 0.387 e. The fraction of sp³-hybridized carbons (Fsp3) is 0.300. The van der Waals surface area contributed by atoms with Gasteiger partial charge in [0.05, 0.1) is 0 Å². The van der Waals surface area contributed by atoms with Gasteiger partial charge in [-0.3, -0.25) is 9.59 Å². The molecule has 2 rings (SSSR count). The number of rotatable bonds is 10. The summed E-state index contributed by atoms with van der Waals surface area (Å²) in [5.74, 6) is -0.788. The van der Waals surface area contributed by atoms with Crippen LogP contribution < -0.4 is 15.4 Å². The molecule has 150 valence electrons. The van der Waals surface area contributed by atoms with Gasteiger partial charge in [-0.25, -0.2) is 4.39 Å². The summed E-state index contributed by atoms with van der Waals surface area (Å²) >= 11 is 0. The average Bonchev–Trinajstić information content (AvgIpc) is 2.66. The minimum atomic E-state index is -2.86. The first-order valence-corrected chi connectivity index (χ1v) is 8.78. The molecule has 2 aromatic carbocycles. The highest BCUT2D eigenvalue weighted by atomic mass is 19.3. The summed E-state index contributed by atoms with van der Waals surface area (Å²) in [7, 11) is 0. The molecule has 2 amide bonds. The molecule has 0 aliphatic heterocycles. The van der Waals surface area contributed by atoms with Gasteiger partial charge in [0.1, 0.15) is 11.6 Å². The Kier molecular flexibility index (Phi) is 8.33. The normalized spacial score (nSPS) is 10.6. The van der Waals surface area contributed by atoms with Gasteiger partial charge in [0.2, 0.25) is 5.91 Å². The second kappa shape index (κ2) is 11.0. The van der Waals surface area contributed by atoms with E-state index in [1.807, 2.05) is 0 Å². The maximum absolute atomic E-state index is 12.8. The minimum absolute atomic E-state index is 0.0884. The van der Waals surface area contributed by atoms with E-state index in [9.17, 15) is 22.8 Å².